The Labute approximate surface area is 156 Å². The van der Waals surface area contributed by atoms with Crippen molar-refractivity contribution in [3.05, 3.63) is 46.4 Å². The van der Waals surface area contributed by atoms with Gasteiger partial charge in [0.05, 0.1) is 23.2 Å². The van der Waals surface area contributed by atoms with Crippen LogP contribution in [0, 0.1) is 0 Å². The van der Waals surface area contributed by atoms with Crippen LogP contribution in [0.15, 0.2) is 29.4 Å². The third kappa shape index (κ3) is 2.75. The molecule has 0 spiro atoms. The number of nitrogens with two attached hydrogens (primary N) is 1. The van der Waals surface area contributed by atoms with Gasteiger partial charge in [0.15, 0.2) is 5.69 Å². The van der Waals surface area contributed by atoms with Crippen molar-refractivity contribution in [2.24, 2.45) is 0 Å². The average Bonchev–Trinajstić information content (AvgIpc) is 2.93. The van der Waals surface area contributed by atoms with Crippen molar-refractivity contribution in [3.8, 4) is 11.3 Å². The molecule has 2 aliphatic rings. The summed E-state index contributed by atoms with van der Waals surface area (Å²) in [5.74, 6) is -0.263. The molecule has 26 heavy (non-hydrogen) atoms. The number of anilines is 1. The summed E-state index contributed by atoms with van der Waals surface area (Å²) in [5, 5.41) is 10.2. The van der Waals surface area contributed by atoms with E-state index in [4.69, 9.17) is 17.3 Å². The van der Waals surface area contributed by atoms with Gasteiger partial charge in [0.1, 0.15) is 0 Å². The van der Waals surface area contributed by atoms with E-state index in [1.807, 2.05) is 6.07 Å². The number of carbonyl (C=O) groups excluding carboxylic acids is 1. The molecule has 0 unspecified atom stereocenters. The number of halogens is 1. The molecule has 0 bridgehead atoms. The summed E-state index contributed by atoms with van der Waals surface area (Å²) in [7, 11) is 0. The molecule has 1 amide bonds. The molecule has 0 atom stereocenters. The van der Waals surface area contributed by atoms with E-state index in [1.165, 1.54) is 4.90 Å². The summed E-state index contributed by atoms with van der Waals surface area (Å²) in [6, 6.07) is 5.49. The average molecular weight is 371 g/mol. The molecule has 2 aromatic heterocycles. The van der Waals surface area contributed by atoms with Gasteiger partial charge in [-0.3, -0.25) is 9.78 Å². The van der Waals surface area contributed by atoms with E-state index in [2.05, 4.69) is 16.9 Å². The van der Waals surface area contributed by atoms with E-state index >= 15 is 0 Å². The monoisotopic (exact) mass is 370 g/mol. The van der Waals surface area contributed by atoms with Crippen LogP contribution in [-0.4, -0.2) is 45.1 Å². The zero-order valence-corrected chi connectivity index (χ0v) is 15.1. The maximum Gasteiger partial charge on any atom is 0.274 e. The van der Waals surface area contributed by atoms with E-state index in [0.717, 1.165) is 33.8 Å². The van der Waals surface area contributed by atoms with Gasteiger partial charge in [0, 0.05) is 41.9 Å². The highest BCUT2D eigenvalue weighted by atomic mass is 35.5. The Morgan fingerprint density at radius 3 is 2.88 bits per heavy atom. The van der Waals surface area contributed by atoms with E-state index in [9.17, 15) is 9.90 Å². The molecule has 2 aromatic rings. The van der Waals surface area contributed by atoms with Crippen LogP contribution < -0.4 is 5.73 Å². The third-order valence-corrected chi connectivity index (χ3v) is 5.24. The van der Waals surface area contributed by atoms with Gasteiger partial charge in [0.25, 0.3) is 5.91 Å². The molecule has 0 saturated carbocycles. The van der Waals surface area contributed by atoms with E-state index in [-0.39, 0.29) is 11.6 Å². The number of pyridine rings is 2. The number of hydrogen-bond donors (Lipinski definition) is 2. The van der Waals surface area contributed by atoms with Crippen LogP contribution in [-0.2, 0) is 6.42 Å². The van der Waals surface area contributed by atoms with E-state index < -0.39 is 6.10 Å². The first-order valence-electron chi connectivity index (χ1n) is 8.59. The van der Waals surface area contributed by atoms with Crippen molar-refractivity contribution in [2.45, 2.75) is 25.9 Å². The summed E-state index contributed by atoms with van der Waals surface area (Å²) >= 11 is 6.34. The van der Waals surface area contributed by atoms with Crippen molar-refractivity contribution in [1.82, 2.24) is 14.9 Å². The second kappa shape index (κ2) is 6.37. The smallest absolute Gasteiger partial charge is 0.274 e. The highest BCUT2D eigenvalue weighted by Crippen LogP contribution is 2.37. The van der Waals surface area contributed by atoms with Gasteiger partial charge in [0.2, 0.25) is 0 Å². The van der Waals surface area contributed by atoms with Crippen molar-refractivity contribution in [3.63, 3.8) is 0 Å². The van der Waals surface area contributed by atoms with Crippen LogP contribution in [0.25, 0.3) is 16.8 Å². The number of allylic oxidation sites excluding steroid dienone is 2. The van der Waals surface area contributed by atoms with Crippen LogP contribution in [0.1, 0.15) is 35.1 Å². The van der Waals surface area contributed by atoms with Gasteiger partial charge in [-0.05, 0) is 30.2 Å². The topological polar surface area (TPSA) is 92.3 Å². The van der Waals surface area contributed by atoms with Gasteiger partial charge in [-0.2, -0.15) is 0 Å². The lowest BCUT2D eigenvalue weighted by Crippen LogP contribution is -2.53. The first-order valence-corrected chi connectivity index (χ1v) is 8.96. The zero-order chi connectivity index (χ0) is 18.4. The quantitative estimate of drug-likeness (QED) is 0.865. The minimum absolute atomic E-state index is 0.208. The number of fused-ring (bicyclic) bond motifs is 1. The summed E-state index contributed by atoms with van der Waals surface area (Å²) in [5.41, 5.74) is 11.1. The zero-order valence-electron chi connectivity index (χ0n) is 14.4. The Morgan fingerprint density at radius 1 is 1.42 bits per heavy atom. The van der Waals surface area contributed by atoms with Crippen molar-refractivity contribution < 1.29 is 9.90 Å². The largest absolute Gasteiger partial charge is 0.397 e. The predicted molar refractivity (Wildman–Crippen MR) is 101 cm³/mol. The Hall–Kier alpha value is -2.44. The second-order valence-electron chi connectivity index (χ2n) is 6.63. The lowest BCUT2D eigenvalue weighted by atomic mass is 10.0. The fourth-order valence-electron chi connectivity index (χ4n) is 3.39. The number of carbonyl (C=O) groups is 1. The number of likely N-dealkylation sites (tertiary alicyclic amines) is 1. The minimum Gasteiger partial charge on any atom is -0.397 e. The number of hydrogen-bond acceptors (Lipinski definition) is 5. The Balaban J connectivity index is 1.70. The normalized spacial score (nSPS) is 16.7. The molecule has 1 aliphatic carbocycles. The molecule has 1 saturated heterocycles. The number of amides is 1. The molecule has 1 aliphatic heterocycles. The van der Waals surface area contributed by atoms with Crippen LogP contribution in [0.4, 0.5) is 5.69 Å². The maximum absolute atomic E-state index is 12.5. The Morgan fingerprint density at radius 2 is 2.19 bits per heavy atom. The van der Waals surface area contributed by atoms with Crippen LogP contribution in [0.5, 0.6) is 0 Å². The molecule has 3 heterocycles. The number of aliphatic hydroxyl groups excluding tert-OH is 1. The summed E-state index contributed by atoms with van der Waals surface area (Å²) in [4.78, 5) is 23.1. The lowest BCUT2D eigenvalue weighted by Gasteiger charge is -2.35. The Bertz CT molecular complexity index is 935. The van der Waals surface area contributed by atoms with Gasteiger partial charge in [-0.15, -0.1) is 0 Å². The number of rotatable bonds is 3. The van der Waals surface area contributed by atoms with Crippen LogP contribution >= 0.6 is 11.6 Å². The third-order valence-electron chi connectivity index (χ3n) is 4.87. The number of nitrogens with zero attached hydrogens (tertiary/aromatic N) is 3. The van der Waals surface area contributed by atoms with Gasteiger partial charge >= 0.3 is 0 Å². The maximum atomic E-state index is 12.5. The molecule has 7 heteroatoms. The second-order valence-corrected chi connectivity index (χ2v) is 7.09. The van der Waals surface area contributed by atoms with Gasteiger partial charge in [-0.1, -0.05) is 18.5 Å². The summed E-state index contributed by atoms with van der Waals surface area (Å²) < 4.78 is 0. The SMILES string of the molecule is CCC1=C(Cl)Cc2ncc(-c3ccc(N)c(C(=O)N4CC(O)C4)n3)cc21. The van der Waals surface area contributed by atoms with E-state index in [0.29, 0.717) is 30.9 Å². The van der Waals surface area contributed by atoms with Crippen LogP contribution in [0.3, 0.4) is 0 Å². The van der Waals surface area contributed by atoms with Crippen molar-refractivity contribution in [1.29, 1.82) is 0 Å². The molecule has 6 nitrogen and oxygen atoms in total. The lowest BCUT2D eigenvalue weighted by molar-refractivity contribution is 0.00559. The first-order chi connectivity index (χ1) is 12.5. The molecule has 0 radical (unpaired) electrons. The first kappa shape index (κ1) is 17.0. The van der Waals surface area contributed by atoms with Crippen molar-refractivity contribution >= 4 is 28.8 Å². The molecule has 134 valence electrons. The Kier molecular flexibility index (Phi) is 4.17. The highest BCUT2D eigenvalue weighted by molar-refractivity contribution is 6.33. The number of aromatic nitrogens is 2. The molecular formula is C19H19ClN4O2. The standard InChI is InChI=1S/C19H19ClN4O2/c1-2-12-13-5-10(7-22-17(13)6-14(12)20)16-4-3-15(21)18(23-16)19(26)24-8-11(25)9-24/h3-5,7,11,25H,2,6,8-9,21H2,1H3. The van der Waals surface area contributed by atoms with Crippen molar-refractivity contribution in [2.75, 3.05) is 18.8 Å². The molecule has 4 rings (SSSR count). The fourth-order valence-corrected chi connectivity index (χ4v) is 3.75. The number of β-amino-alcohol motifs (C(OH)–C–C–N with tert-alkyl or cyclic N) is 1. The predicted octanol–water partition coefficient (Wildman–Crippen LogP) is 2.46. The fraction of sp³-hybridized carbons (Fsp3) is 0.316. The number of nitrogen functional groups attached to an aromatic ring is 1. The van der Waals surface area contributed by atoms with Gasteiger partial charge < -0.3 is 15.7 Å². The number of aliphatic hydroxyl groups is 1. The minimum atomic E-state index is -0.465. The van der Waals surface area contributed by atoms with Gasteiger partial charge in [-0.25, -0.2) is 4.98 Å². The summed E-state index contributed by atoms with van der Waals surface area (Å²) in [6.07, 6.45) is 2.79. The molecule has 0 aromatic carbocycles. The highest BCUT2D eigenvalue weighted by Gasteiger charge is 2.31. The van der Waals surface area contributed by atoms with E-state index in [1.54, 1.807) is 18.3 Å². The molecular weight excluding hydrogens is 352 g/mol. The van der Waals surface area contributed by atoms with Crippen LogP contribution in [0.2, 0.25) is 0 Å². The summed E-state index contributed by atoms with van der Waals surface area (Å²) in [6.45, 7) is 2.70. The molecule has 3 N–H and O–H groups in total. The molecule has 1 fully saturated rings.